The largest absolute Gasteiger partial charge is 0.492 e. The van der Waals surface area contributed by atoms with E-state index in [2.05, 4.69) is 26.3 Å². The zero-order valence-corrected chi connectivity index (χ0v) is 5.63. The van der Waals surface area contributed by atoms with Gasteiger partial charge in [0.25, 0.3) is 0 Å². The number of rotatable bonds is 0. The summed E-state index contributed by atoms with van der Waals surface area (Å²) in [7, 11) is 0. The summed E-state index contributed by atoms with van der Waals surface area (Å²) in [4.78, 5) is 13.1. The van der Waals surface area contributed by atoms with Gasteiger partial charge in [0, 0.05) is 0 Å². The molecule has 0 amide bonds. The van der Waals surface area contributed by atoms with Crippen LogP contribution in [0.3, 0.4) is 0 Å². The third kappa shape index (κ3) is 0.735. The molecule has 0 spiro atoms. The average Bonchev–Trinajstić information content (AvgIpc) is 2.29. The topological polar surface area (TPSA) is 110 Å². The molecule has 12 heavy (non-hydrogen) atoms. The van der Waals surface area contributed by atoms with Gasteiger partial charge in [-0.3, -0.25) is 0 Å². The van der Waals surface area contributed by atoms with Gasteiger partial charge in [0.05, 0.1) is 0 Å². The first-order chi connectivity index (χ1) is 5.62. The molecule has 0 aromatic heterocycles. The van der Waals surface area contributed by atoms with Gasteiger partial charge < -0.3 is 15.3 Å². The minimum Gasteiger partial charge on any atom is -0.492 e. The minimum absolute atomic E-state index is 0.236. The summed E-state index contributed by atoms with van der Waals surface area (Å²) in [6.45, 7) is 0. The van der Waals surface area contributed by atoms with Gasteiger partial charge in [0.15, 0.2) is 12.1 Å². The van der Waals surface area contributed by atoms with Crippen LogP contribution in [0.1, 0.15) is 0 Å². The molecular weight excluding hydrogens is 164 g/mol. The van der Waals surface area contributed by atoms with Gasteiger partial charge in [0.1, 0.15) is 0 Å². The number of hydrogen-bond donors (Lipinski definition) is 3. The predicted molar refractivity (Wildman–Crippen MR) is 39.9 cm³/mol. The van der Waals surface area contributed by atoms with Crippen molar-refractivity contribution in [3.8, 4) is 0 Å². The number of fused-ring (bicyclic) bond motifs is 1. The van der Waals surface area contributed by atoms with Crippen molar-refractivity contribution in [3.63, 3.8) is 0 Å². The van der Waals surface area contributed by atoms with Crippen molar-refractivity contribution in [2.45, 2.75) is 5.85 Å². The van der Waals surface area contributed by atoms with E-state index in [4.69, 9.17) is 10.2 Å². The first-order valence-corrected chi connectivity index (χ1v) is 2.96. The first-order valence-electron chi connectivity index (χ1n) is 2.96. The Kier molecular flexibility index (Phi) is 1.09. The lowest BCUT2D eigenvalue weighted by atomic mass is 10.2. The highest BCUT2D eigenvalue weighted by molar-refractivity contribution is 6.45. The van der Waals surface area contributed by atoms with E-state index >= 15 is 0 Å². The van der Waals surface area contributed by atoms with E-state index in [-0.39, 0.29) is 5.71 Å². The number of hydrogen-bond acceptors (Lipinski definition) is 5. The van der Waals surface area contributed by atoms with Crippen LogP contribution in [0.4, 0.5) is 0 Å². The molecule has 7 nitrogen and oxygen atoms in total. The Bertz CT molecular complexity index is 356. The van der Waals surface area contributed by atoms with Gasteiger partial charge in [0.2, 0.25) is 5.90 Å². The second kappa shape index (κ2) is 1.89. The number of aliphatic hydroxyl groups is 3. The van der Waals surface area contributed by atoms with Crippen molar-refractivity contribution < 1.29 is 15.3 Å². The number of aliphatic hydroxyl groups excluding tert-OH is 2. The maximum Gasteiger partial charge on any atom is 0.317 e. The van der Waals surface area contributed by atoms with Crippen LogP contribution < -0.4 is 0 Å². The Hall–Kier alpha value is -1.76. The standard InChI is InChI=1S/C5H3N4O3/c10-3-2-5(12,7-1-6-2)9-4(11)8-3/h12H,(H2,8,9,10,11). The lowest BCUT2D eigenvalue weighted by molar-refractivity contribution is 0.133. The molecule has 0 aromatic rings. The smallest absolute Gasteiger partial charge is 0.317 e. The summed E-state index contributed by atoms with van der Waals surface area (Å²) in [5.41, 5.74) is -0.236. The van der Waals surface area contributed by atoms with Crippen LogP contribution in [0.5, 0.6) is 0 Å². The van der Waals surface area contributed by atoms with Crippen molar-refractivity contribution in [3.05, 3.63) is 0 Å². The molecule has 0 saturated heterocycles. The van der Waals surface area contributed by atoms with Gasteiger partial charge >= 0.3 is 11.9 Å². The monoisotopic (exact) mass is 167 g/mol. The van der Waals surface area contributed by atoms with Crippen molar-refractivity contribution >= 4 is 24.0 Å². The Morgan fingerprint density at radius 3 is 2.83 bits per heavy atom. The summed E-state index contributed by atoms with van der Waals surface area (Å²) in [6.07, 6.45) is 2.06. The second-order valence-electron chi connectivity index (χ2n) is 2.15. The van der Waals surface area contributed by atoms with E-state index in [1.54, 1.807) is 0 Å². The second-order valence-corrected chi connectivity index (χ2v) is 2.15. The van der Waals surface area contributed by atoms with Crippen molar-refractivity contribution in [1.82, 2.24) is 0 Å². The van der Waals surface area contributed by atoms with Crippen LogP contribution in [-0.2, 0) is 0 Å². The molecule has 1 atom stereocenters. The van der Waals surface area contributed by atoms with E-state index in [0.717, 1.165) is 0 Å². The van der Waals surface area contributed by atoms with Crippen molar-refractivity contribution in [2.24, 2.45) is 20.0 Å². The Balaban J connectivity index is 2.56. The third-order valence-electron chi connectivity index (χ3n) is 1.36. The molecule has 2 aliphatic heterocycles. The molecule has 3 N–H and O–H groups in total. The van der Waals surface area contributed by atoms with E-state index in [1.165, 1.54) is 0 Å². The normalized spacial score (nSPS) is 32.2. The van der Waals surface area contributed by atoms with E-state index in [9.17, 15) is 5.11 Å². The van der Waals surface area contributed by atoms with E-state index < -0.39 is 17.8 Å². The van der Waals surface area contributed by atoms with Crippen molar-refractivity contribution in [2.75, 3.05) is 0 Å². The fraction of sp³-hybridized carbons (Fsp3) is 0.200. The Labute approximate surface area is 66.2 Å². The number of aliphatic imine (C=N–C) groups is 4. The summed E-state index contributed by atoms with van der Waals surface area (Å²) in [5, 5.41) is 27.2. The predicted octanol–water partition coefficient (Wildman–Crippen LogP) is -1.12. The molecule has 2 rings (SSSR count). The minimum atomic E-state index is -2.05. The highest BCUT2D eigenvalue weighted by Gasteiger charge is 2.42. The molecule has 2 aliphatic rings. The summed E-state index contributed by atoms with van der Waals surface area (Å²) in [5.74, 6) is -2.66. The van der Waals surface area contributed by atoms with Crippen LogP contribution >= 0.6 is 0 Å². The first kappa shape index (κ1) is 6.92. The molecule has 1 radical (unpaired) electrons. The zero-order chi connectivity index (χ0) is 8.77. The van der Waals surface area contributed by atoms with Crippen LogP contribution in [0, 0.1) is 0 Å². The highest BCUT2D eigenvalue weighted by Crippen LogP contribution is 2.19. The van der Waals surface area contributed by atoms with Gasteiger partial charge in [-0.1, -0.05) is 0 Å². The molecule has 0 aliphatic carbocycles. The van der Waals surface area contributed by atoms with Gasteiger partial charge in [-0.25, -0.2) is 9.98 Å². The Morgan fingerprint density at radius 1 is 1.33 bits per heavy atom. The average molecular weight is 167 g/mol. The van der Waals surface area contributed by atoms with Gasteiger partial charge in [-0.2, -0.15) is 9.98 Å². The van der Waals surface area contributed by atoms with Crippen LogP contribution in [-0.4, -0.2) is 45.1 Å². The summed E-state index contributed by atoms with van der Waals surface area (Å²) < 4.78 is 0. The molecule has 0 aromatic carbocycles. The van der Waals surface area contributed by atoms with E-state index in [1.807, 2.05) is 0 Å². The molecule has 0 bridgehead atoms. The fourth-order valence-electron chi connectivity index (χ4n) is 0.863. The van der Waals surface area contributed by atoms with Gasteiger partial charge in [-0.05, 0) is 0 Å². The molecule has 1 unspecified atom stereocenters. The lowest BCUT2D eigenvalue weighted by Gasteiger charge is -2.17. The molecule has 0 saturated carbocycles. The van der Waals surface area contributed by atoms with E-state index in [0.29, 0.717) is 0 Å². The maximum absolute atomic E-state index is 9.40. The highest BCUT2D eigenvalue weighted by atomic mass is 16.3. The molecule has 61 valence electrons. The fourth-order valence-corrected chi connectivity index (χ4v) is 0.863. The number of nitrogens with zero attached hydrogens (tertiary/aromatic N) is 4. The third-order valence-corrected chi connectivity index (χ3v) is 1.36. The molecule has 0 fully saturated rings. The SMILES string of the molecule is OC1=NC2(O)N=[C]N=C2C(O)=N1. The van der Waals surface area contributed by atoms with Gasteiger partial charge in [-0.15, -0.1) is 0 Å². The van der Waals surface area contributed by atoms with Crippen LogP contribution in [0.2, 0.25) is 0 Å². The molecule has 2 heterocycles. The maximum atomic E-state index is 9.40. The molecular formula is C5H3N4O3. The number of amidine groups is 1. The Morgan fingerprint density at radius 2 is 2.08 bits per heavy atom. The van der Waals surface area contributed by atoms with Crippen LogP contribution in [0.25, 0.3) is 0 Å². The quantitative estimate of drug-likeness (QED) is 0.424. The molecule has 7 heteroatoms. The summed E-state index contributed by atoms with van der Waals surface area (Å²) in [6, 6.07) is -0.749. The zero-order valence-electron chi connectivity index (χ0n) is 5.63. The van der Waals surface area contributed by atoms with Crippen LogP contribution in [0.15, 0.2) is 20.0 Å². The lowest BCUT2D eigenvalue weighted by Crippen LogP contribution is -2.41. The summed E-state index contributed by atoms with van der Waals surface area (Å²) >= 11 is 0. The van der Waals surface area contributed by atoms with Crippen molar-refractivity contribution in [1.29, 1.82) is 0 Å².